The van der Waals surface area contributed by atoms with Gasteiger partial charge in [0.2, 0.25) is 0 Å². The SMILES string of the molecule is CCCCOc1ccc(C(=O)NCc2cc(F)ccc2NC(=O)c2ccccn2)cc1. The summed E-state index contributed by atoms with van der Waals surface area (Å²) < 4.78 is 19.4. The Balaban J connectivity index is 1.63. The summed E-state index contributed by atoms with van der Waals surface area (Å²) in [6.07, 6.45) is 3.53. The molecule has 2 aromatic carbocycles. The third-order valence-corrected chi connectivity index (χ3v) is 4.54. The Kier molecular flexibility index (Phi) is 7.70. The zero-order valence-corrected chi connectivity index (χ0v) is 17.2. The number of carbonyl (C=O) groups is 2. The molecule has 0 aliphatic heterocycles. The molecule has 1 aromatic heterocycles. The third kappa shape index (κ3) is 6.37. The topological polar surface area (TPSA) is 80.3 Å². The van der Waals surface area contributed by atoms with Gasteiger partial charge in [0, 0.05) is 24.0 Å². The van der Waals surface area contributed by atoms with Crippen molar-refractivity contribution in [2.45, 2.75) is 26.3 Å². The molecule has 0 spiro atoms. The molecule has 31 heavy (non-hydrogen) atoms. The second-order valence-electron chi connectivity index (χ2n) is 6.88. The fourth-order valence-electron chi connectivity index (χ4n) is 2.83. The molecule has 7 heteroatoms. The van der Waals surface area contributed by atoms with Gasteiger partial charge in [0.1, 0.15) is 17.3 Å². The van der Waals surface area contributed by atoms with Gasteiger partial charge in [-0.05, 0) is 66.6 Å². The highest BCUT2D eigenvalue weighted by Crippen LogP contribution is 2.19. The van der Waals surface area contributed by atoms with Crippen LogP contribution in [0, 0.1) is 5.82 Å². The molecule has 3 aromatic rings. The van der Waals surface area contributed by atoms with Crippen LogP contribution >= 0.6 is 0 Å². The molecule has 0 saturated heterocycles. The van der Waals surface area contributed by atoms with Crippen molar-refractivity contribution in [1.29, 1.82) is 0 Å². The van der Waals surface area contributed by atoms with Gasteiger partial charge in [0.15, 0.2) is 0 Å². The highest BCUT2D eigenvalue weighted by Gasteiger charge is 2.12. The smallest absolute Gasteiger partial charge is 0.274 e. The quantitative estimate of drug-likeness (QED) is 0.496. The normalized spacial score (nSPS) is 10.4. The van der Waals surface area contributed by atoms with Crippen LogP contribution in [0.15, 0.2) is 66.9 Å². The van der Waals surface area contributed by atoms with Gasteiger partial charge >= 0.3 is 0 Å². The Bertz CT molecular complexity index is 1020. The van der Waals surface area contributed by atoms with Gasteiger partial charge in [-0.15, -0.1) is 0 Å². The fraction of sp³-hybridized carbons (Fsp3) is 0.208. The van der Waals surface area contributed by atoms with Crippen LogP contribution in [-0.4, -0.2) is 23.4 Å². The fourth-order valence-corrected chi connectivity index (χ4v) is 2.83. The van der Waals surface area contributed by atoms with Crippen molar-refractivity contribution in [3.8, 4) is 5.75 Å². The number of hydrogen-bond donors (Lipinski definition) is 2. The lowest BCUT2D eigenvalue weighted by atomic mass is 10.1. The van der Waals surface area contributed by atoms with Crippen molar-refractivity contribution >= 4 is 17.5 Å². The molecule has 0 unspecified atom stereocenters. The first-order chi connectivity index (χ1) is 15.1. The van der Waals surface area contributed by atoms with E-state index in [1.54, 1.807) is 42.5 Å². The molecule has 0 radical (unpaired) electrons. The Morgan fingerprint density at radius 2 is 1.84 bits per heavy atom. The molecule has 2 N–H and O–H groups in total. The second-order valence-corrected chi connectivity index (χ2v) is 6.88. The van der Waals surface area contributed by atoms with Crippen LogP contribution < -0.4 is 15.4 Å². The Hall–Kier alpha value is -3.74. The minimum atomic E-state index is -0.464. The summed E-state index contributed by atoms with van der Waals surface area (Å²) >= 11 is 0. The van der Waals surface area contributed by atoms with E-state index in [0.29, 0.717) is 29.2 Å². The average Bonchev–Trinajstić information content (AvgIpc) is 2.80. The summed E-state index contributed by atoms with van der Waals surface area (Å²) in [6.45, 7) is 2.77. The maximum absolute atomic E-state index is 13.8. The zero-order valence-electron chi connectivity index (χ0n) is 17.2. The van der Waals surface area contributed by atoms with E-state index in [9.17, 15) is 14.0 Å². The summed E-state index contributed by atoms with van der Waals surface area (Å²) in [5.74, 6) is -0.492. The number of benzene rings is 2. The summed E-state index contributed by atoms with van der Waals surface area (Å²) in [5, 5.41) is 5.47. The minimum absolute atomic E-state index is 0.0448. The first-order valence-corrected chi connectivity index (χ1v) is 10.1. The minimum Gasteiger partial charge on any atom is -0.494 e. The summed E-state index contributed by atoms with van der Waals surface area (Å²) in [7, 11) is 0. The average molecular weight is 421 g/mol. The lowest BCUT2D eigenvalue weighted by Gasteiger charge is -2.12. The molecular formula is C24H24FN3O3. The molecule has 0 bridgehead atoms. The van der Waals surface area contributed by atoms with Crippen molar-refractivity contribution in [2.75, 3.05) is 11.9 Å². The van der Waals surface area contributed by atoms with E-state index < -0.39 is 11.7 Å². The van der Waals surface area contributed by atoms with Crippen LogP contribution in [-0.2, 0) is 6.54 Å². The lowest BCUT2D eigenvalue weighted by Crippen LogP contribution is -2.24. The maximum atomic E-state index is 13.8. The first kappa shape index (κ1) is 22.0. The summed E-state index contributed by atoms with van der Waals surface area (Å²) in [5.41, 5.74) is 1.54. The number of pyridine rings is 1. The number of amides is 2. The summed E-state index contributed by atoms with van der Waals surface area (Å²) in [6, 6.07) is 15.8. The predicted octanol–water partition coefficient (Wildman–Crippen LogP) is 4.58. The van der Waals surface area contributed by atoms with E-state index >= 15 is 0 Å². The highest BCUT2D eigenvalue weighted by atomic mass is 19.1. The third-order valence-electron chi connectivity index (χ3n) is 4.54. The van der Waals surface area contributed by atoms with E-state index in [-0.39, 0.29) is 18.1 Å². The number of ether oxygens (including phenoxy) is 1. The molecule has 0 aliphatic carbocycles. The largest absolute Gasteiger partial charge is 0.494 e. The molecule has 0 fully saturated rings. The van der Waals surface area contributed by atoms with E-state index in [0.717, 1.165) is 12.8 Å². The van der Waals surface area contributed by atoms with E-state index in [2.05, 4.69) is 22.5 Å². The number of anilines is 1. The van der Waals surface area contributed by atoms with E-state index in [1.807, 2.05) is 0 Å². The van der Waals surface area contributed by atoms with Crippen LogP contribution in [0.4, 0.5) is 10.1 Å². The predicted molar refractivity (Wildman–Crippen MR) is 117 cm³/mol. The molecule has 2 amide bonds. The lowest BCUT2D eigenvalue weighted by molar-refractivity contribution is 0.0950. The Morgan fingerprint density at radius 1 is 1.03 bits per heavy atom. The van der Waals surface area contributed by atoms with Gasteiger partial charge in [-0.1, -0.05) is 19.4 Å². The van der Waals surface area contributed by atoms with Crippen LogP contribution in [0.1, 0.15) is 46.2 Å². The Morgan fingerprint density at radius 3 is 2.55 bits per heavy atom. The molecule has 3 rings (SSSR count). The van der Waals surface area contributed by atoms with Crippen molar-refractivity contribution in [3.05, 3.63) is 89.5 Å². The molecule has 0 atom stereocenters. The van der Waals surface area contributed by atoms with Gasteiger partial charge in [0.05, 0.1) is 6.61 Å². The number of carbonyl (C=O) groups excluding carboxylic acids is 2. The molecular weight excluding hydrogens is 397 g/mol. The van der Waals surface area contributed by atoms with Gasteiger partial charge in [-0.25, -0.2) is 4.39 Å². The number of hydrogen-bond acceptors (Lipinski definition) is 4. The van der Waals surface area contributed by atoms with Crippen LogP contribution in [0.2, 0.25) is 0 Å². The van der Waals surface area contributed by atoms with Crippen molar-refractivity contribution < 1.29 is 18.7 Å². The van der Waals surface area contributed by atoms with Gasteiger partial charge in [0.25, 0.3) is 11.8 Å². The van der Waals surface area contributed by atoms with Crippen LogP contribution in [0.5, 0.6) is 5.75 Å². The van der Waals surface area contributed by atoms with Crippen molar-refractivity contribution in [1.82, 2.24) is 10.3 Å². The second kappa shape index (κ2) is 10.9. The van der Waals surface area contributed by atoms with E-state index in [4.69, 9.17) is 4.74 Å². The Labute approximate surface area is 180 Å². The molecule has 0 aliphatic rings. The molecule has 6 nitrogen and oxygen atoms in total. The van der Waals surface area contributed by atoms with Crippen molar-refractivity contribution in [3.63, 3.8) is 0 Å². The number of nitrogens with zero attached hydrogens (tertiary/aromatic N) is 1. The number of nitrogens with one attached hydrogen (secondary N) is 2. The standard InChI is InChI=1S/C24H24FN3O3/c1-2-3-14-31-20-10-7-17(8-11-20)23(29)27-16-18-15-19(25)9-12-21(18)28-24(30)22-6-4-5-13-26-22/h4-13,15H,2-3,14,16H2,1H3,(H,27,29)(H,28,30). The zero-order chi connectivity index (χ0) is 22.1. The first-order valence-electron chi connectivity index (χ1n) is 10.1. The van der Waals surface area contributed by atoms with Gasteiger partial charge in [-0.2, -0.15) is 0 Å². The molecule has 1 heterocycles. The van der Waals surface area contributed by atoms with E-state index in [1.165, 1.54) is 24.4 Å². The number of rotatable bonds is 9. The number of halogens is 1. The monoisotopic (exact) mass is 421 g/mol. The number of aromatic nitrogens is 1. The van der Waals surface area contributed by atoms with Gasteiger partial charge in [-0.3, -0.25) is 14.6 Å². The van der Waals surface area contributed by atoms with Crippen LogP contribution in [0.25, 0.3) is 0 Å². The number of unbranched alkanes of at least 4 members (excludes halogenated alkanes) is 1. The molecule has 0 saturated carbocycles. The van der Waals surface area contributed by atoms with Gasteiger partial charge < -0.3 is 15.4 Å². The maximum Gasteiger partial charge on any atom is 0.274 e. The van der Waals surface area contributed by atoms with Crippen LogP contribution in [0.3, 0.4) is 0 Å². The summed E-state index contributed by atoms with van der Waals surface area (Å²) in [4.78, 5) is 28.9. The molecule has 160 valence electrons. The highest BCUT2D eigenvalue weighted by molar-refractivity contribution is 6.03. The van der Waals surface area contributed by atoms with Crippen molar-refractivity contribution in [2.24, 2.45) is 0 Å².